The maximum atomic E-state index is 11.3. The van der Waals surface area contributed by atoms with Gasteiger partial charge in [-0.3, -0.25) is 4.98 Å². The van der Waals surface area contributed by atoms with Crippen LogP contribution in [0.2, 0.25) is 0 Å². The molecule has 0 atom stereocenters. The van der Waals surface area contributed by atoms with Crippen LogP contribution in [0.1, 0.15) is 37.0 Å². The van der Waals surface area contributed by atoms with Crippen LogP contribution in [0, 0.1) is 0 Å². The van der Waals surface area contributed by atoms with Crippen LogP contribution in [0.3, 0.4) is 0 Å². The second-order valence-electron chi connectivity index (χ2n) is 4.07. The van der Waals surface area contributed by atoms with Crippen LogP contribution in [0.15, 0.2) is 4.79 Å². The Morgan fingerprint density at radius 1 is 1.29 bits per heavy atom. The Morgan fingerprint density at radius 2 is 1.86 bits per heavy atom. The summed E-state index contributed by atoms with van der Waals surface area (Å²) in [6, 6.07) is 0. The van der Waals surface area contributed by atoms with Crippen LogP contribution >= 0.6 is 0 Å². The maximum absolute atomic E-state index is 11.3. The number of methoxy groups -OCH3 is 1. The average Bonchev–Trinajstić information content (AvgIpc) is 2.45. The van der Waals surface area contributed by atoms with Crippen molar-refractivity contribution in [3.8, 4) is 0 Å². The number of H-pyrrole nitrogens is 2. The number of carbonyl (C=O) groups excluding carboxylic acids is 1. The third kappa shape index (κ3) is 1.86. The molecule has 0 aromatic carbocycles. The van der Waals surface area contributed by atoms with Crippen molar-refractivity contribution in [1.82, 2.24) is 9.97 Å². The van der Waals surface area contributed by atoms with Crippen molar-refractivity contribution in [2.75, 3.05) is 7.11 Å². The van der Waals surface area contributed by atoms with Crippen molar-refractivity contribution < 1.29 is 9.53 Å². The molecule has 5 heteroatoms. The number of hydrogen-bond acceptors (Lipinski definition) is 3. The molecule has 78 valence electrons. The predicted molar refractivity (Wildman–Crippen MR) is 51.5 cm³/mol. The molecule has 5 nitrogen and oxygen atoms in total. The van der Waals surface area contributed by atoms with E-state index in [2.05, 4.69) is 14.7 Å². The zero-order valence-electron chi connectivity index (χ0n) is 8.72. The van der Waals surface area contributed by atoms with Gasteiger partial charge in [-0.2, -0.15) is 0 Å². The molecular weight excluding hydrogens is 184 g/mol. The van der Waals surface area contributed by atoms with Crippen LogP contribution in [0.25, 0.3) is 0 Å². The summed E-state index contributed by atoms with van der Waals surface area (Å²) in [4.78, 5) is 27.3. The number of aromatic amines is 2. The van der Waals surface area contributed by atoms with E-state index in [0.29, 0.717) is 5.69 Å². The van der Waals surface area contributed by atoms with Gasteiger partial charge in [0.1, 0.15) is 5.69 Å². The van der Waals surface area contributed by atoms with Crippen molar-refractivity contribution >= 4 is 5.97 Å². The molecular formula is C9H14N2O3. The van der Waals surface area contributed by atoms with Gasteiger partial charge in [0.2, 0.25) is 0 Å². The summed E-state index contributed by atoms with van der Waals surface area (Å²) in [6.45, 7) is 5.70. The molecule has 0 fully saturated rings. The van der Waals surface area contributed by atoms with Gasteiger partial charge in [0.05, 0.1) is 12.8 Å². The smallest absolute Gasteiger partial charge is 0.356 e. The van der Waals surface area contributed by atoms with Crippen molar-refractivity contribution in [2.24, 2.45) is 0 Å². The van der Waals surface area contributed by atoms with E-state index in [-0.39, 0.29) is 11.1 Å². The fourth-order valence-corrected chi connectivity index (χ4v) is 1.20. The molecule has 14 heavy (non-hydrogen) atoms. The number of nitrogens with one attached hydrogen (secondary N) is 2. The van der Waals surface area contributed by atoms with Crippen LogP contribution < -0.4 is 5.69 Å². The highest BCUT2D eigenvalue weighted by molar-refractivity contribution is 5.88. The van der Waals surface area contributed by atoms with Gasteiger partial charge in [-0.1, -0.05) is 20.8 Å². The first-order valence-electron chi connectivity index (χ1n) is 4.27. The maximum Gasteiger partial charge on any atom is 0.356 e. The monoisotopic (exact) mass is 198 g/mol. The van der Waals surface area contributed by atoms with Gasteiger partial charge in [-0.15, -0.1) is 0 Å². The lowest BCUT2D eigenvalue weighted by molar-refractivity contribution is 0.0591. The minimum atomic E-state index is -0.534. The molecule has 0 aliphatic heterocycles. The zero-order valence-corrected chi connectivity index (χ0v) is 8.72. The highest BCUT2D eigenvalue weighted by atomic mass is 16.5. The summed E-state index contributed by atoms with van der Waals surface area (Å²) in [5.74, 6) is -0.534. The number of carbonyl (C=O) groups is 1. The van der Waals surface area contributed by atoms with Gasteiger partial charge >= 0.3 is 11.7 Å². The Hall–Kier alpha value is -1.52. The van der Waals surface area contributed by atoms with E-state index in [1.165, 1.54) is 7.11 Å². The molecule has 0 saturated carbocycles. The molecule has 0 unspecified atom stereocenters. The number of ether oxygens (including phenoxy) is 1. The molecule has 0 radical (unpaired) electrons. The molecule has 0 aliphatic rings. The Morgan fingerprint density at radius 3 is 2.29 bits per heavy atom. The van der Waals surface area contributed by atoms with E-state index < -0.39 is 11.7 Å². The quantitative estimate of drug-likeness (QED) is 0.655. The number of esters is 1. The van der Waals surface area contributed by atoms with E-state index >= 15 is 0 Å². The highest BCUT2D eigenvalue weighted by Gasteiger charge is 2.25. The van der Waals surface area contributed by atoms with Gasteiger partial charge in [0.25, 0.3) is 0 Å². The summed E-state index contributed by atoms with van der Waals surface area (Å²) in [5.41, 5.74) is 0.0672. The molecule has 0 aliphatic carbocycles. The van der Waals surface area contributed by atoms with Crippen LogP contribution in [0.5, 0.6) is 0 Å². The van der Waals surface area contributed by atoms with Gasteiger partial charge in [0, 0.05) is 5.41 Å². The molecule has 0 bridgehead atoms. The van der Waals surface area contributed by atoms with Gasteiger partial charge in [-0.25, -0.2) is 9.59 Å². The zero-order chi connectivity index (χ0) is 10.9. The Labute approximate surface area is 81.5 Å². The number of imidazole rings is 1. The van der Waals surface area contributed by atoms with Gasteiger partial charge in [0.15, 0.2) is 0 Å². The Kier molecular flexibility index (Phi) is 2.51. The molecule has 0 spiro atoms. The Balaban J connectivity index is 3.30. The molecule has 1 rings (SSSR count). The lowest BCUT2D eigenvalue weighted by Gasteiger charge is -2.17. The van der Waals surface area contributed by atoms with E-state index in [1.807, 2.05) is 20.8 Å². The normalized spacial score (nSPS) is 11.4. The van der Waals surface area contributed by atoms with Crippen LogP contribution in [-0.2, 0) is 10.2 Å². The predicted octanol–water partition coefficient (Wildman–Crippen LogP) is 0.787. The lowest BCUT2D eigenvalue weighted by Crippen LogP contribution is -2.17. The topological polar surface area (TPSA) is 75.0 Å². The molecule has 1 aromatic heterocycles. The summed E-state index contributed by atoms with van der Waals surface area (Å²) in [7, 11) is 1.28. The van der Waals surface area contributed by atoms with Crippen molar-refractivity contribution in [2.45, 2.75) is 26.2 Å². The van der Waals surface area contributed by atoms with Gasteiger partial charge < -0.3 is 9.72 Å². The summed E-state index contributed by atoms with van der Waals surface area (Å²) < 4.78 is 4.56. The molecule has 0 amide bonds. The van der Waals surface area contributed by atoms with Crippen molar-refractivity contribution in [3.05, 3.63) is 21.9 Å². The molecule has 2 N–H and O–H groups in total. The second kappa shape index (κ2) is 3.32. The fraction of sp³-hybridized carbons (Fsp3) is 0.556. The van der Waals surface area contributed by atoms with Gasteiger partial charge in [-0.05, 0) is 0 Å². The highest BCUT2D eigenvalue weighted by Crippen LogP contribution is 2.21. The second-order valence-corrected chi connectivity index (χ2v) is 4.07. The minimum absolute atomic E-state index is 0.199. The van der Waals surface area contributed by atoms with Crippen molar-refractivity contribution in [3.63, 3.8) is 0 Å². The Bertz CT molecular complexity index is 395. The summed E-state index contributed by atoms with van der Waals surface area (Å²) in [6.07, 6.45) is 0. The SMILES string of the molecule is COC(=O)c1[nH]c(=O)[nH]c1C(C)(C)C. The van der Waals surface area contributed by atoms with E-state index in [1.54, 1.807) is 0 Å². The summed E-state index contributed by atoms with van der Waals surface area (Å²) >= 11 is 0. The van der Waals surface area contributed by atoms with E-state index in [9.17, 15) is 9.59 Å². The first-order valence-corrected chi connectivity index (χ1v) is 4.27. The number of aromatic nitrogens is 2. The van der Waals surface area contributed by atoms with Crippen molar-refractivity contribution in [1.29, 1.82) is 0 Å². The van der Waals surface area contributed by atoms with Crippen LogP contribution in [-0.4, -0.2) is 23.0 Å². The molecule has 1 heterocycles. The standard InChI is InChI=1S/C9H14N2O3/c1-9(2,3)6-5(7(12)14-4)10-8(13)11-6/h1-4H3,(H2,10,11,13). The molecule has 0 saturated heterocycles. The fourth-order valence-electron chi connectivity index (χ4n) is 1.20. The third-order valence-corrected chi connectivity index (χ3v) is 1.87. The largest absolute Gasteiger partial charge is 0.464 e. The van der Waals surface area contributed by atoms with E-state index in [0.717, 1.165) is 0 Å². The van der Waals surface area contributed by atoms with Crippen LogP contribution in [0.4, 0.5) is 0 Å². The average molecular weight is 198 g/mol. The number of hydrogen-bond donors (Lipinski definition) is 2. The summed E-state index contributed by atoms with van der Waals surface area (Å²) in [5, 5.41) is 0. The minimum Gasteiger partial charge on any atom is -0.464 e. The number of rotatable bonds is 1. The first kappa shape index (κ1) is 10.6. The third-order valence-electron chi connectivity index (χ3n) is 1.87. The van der Waals surface area contributed by atoms with E-state index in [4.69, 9.17) is 0 Å². The lowest BCUT2D eigenvalue weighted by atomic mass is 9.91. The first-order chi connectivity index (χ1) is 6.36. The molecule has 1 aromatic rings.